The number of hydrogen-bond acceptors (Lipinski definition) is 2. The number of halogens is 2. The van der Waals surface area contributed by atoms with Crippen LogP contribution < -0.4 is 5.32 Å². The van der Waals surface area contributed by atoms with Crippen LogP contribution in [-0.2, 0) is 4.79 Å². The lowest BCUT2D eigenvalue weighted by Gasteiger charge is -2.17. The highest BCUT2D eigenvalue weighted by Crippen LogP contribution is 2.19. The number of nitrogens with one attached hydrogen (secondary N) is 1. The molecule has 0 aromatic heterocycles. The summed E-state index contributed by atoms with van der Waals surface area (Å²) in [6.45, 7) is 2.55. The fraction of sp³-hybridized carbons (Fsp3) is 0.385. The SMILES string of the molecule is CC(=O)NC1CCN(C(=O)c2ccc(F)c(Br)c2)C1. The Bertz CT molecular complexity index is 521. The van der Waals surface area contributed by atoms with Crippen molar-refractivity contribution < 1.29 is 14.0 Å². The molecule has 0 aliphatic carbocycles. The molecule has 19 heavy (non-hydrogen) atoms. The van der Waals surface area contributed by atoms with E-state index in [0.29, 0.717) is 18.7 Å². The molecule has 6 heteroatoms. The third-order valence-corrected chi connectivity index (χ3v) is 3.66. The van der Waals surface area contributed by atoms with Gasteiger partial charge < -0.3 is 10.2 Å². The van der Waals surface area contributed by atoms with Crippen molar-refractivity contribution in [2.45, 2.75) is 19.4 Å². The van der Waals surface area contributed by atoms with Crippen LogP contribution >= 0.6 is 15.9 Å². The third kappa shape index (κ3) is 3.32. The molecule has 2 rings (SSSR count). The first kappa shape index (κ1) is 14.0. The van der Waals surface area contributed by atoms with E-state index in [4.69, 9.17) is 0 Å². The molecule has 1 N–H and O–H groups in total. The van der Waals surface area contributed by atoms with E-state index in [1.165, 1.54) is 25.1 Å². The van der Waals surface area contributed by atoms with Gasteiger partial charge in [0.2, 0.25) is 5.91 Å². The largest absolute Gasteiger partial charge is 0.352 e. The monoisotopic (exact) mass is 328 g/mol. The molecule has 1 aliphatic heterocycles. The van der Waals surface area contributed by atoms with Gasteiger partial charge in [-0.05, 0) is 40.5 Å². The Kier molecular flexibility index (Phi) is 4.19. The van der Waals surface area contributed by atoms with Crippen LogP contribution in [0.25, 0.3) is 0 Å². The lowest BCUT2D eigenvalue weighted by Crippen LogP contribution is -2.37. The van der Waals surface area contributed by atoms with E-state index in [-0.39, 0.29) is 22.3 Å². The van der Waals surface area contributed by atoms with Gasteiger partial charge >= 0.3 is 0 Å². The van der Waals surface area contributed by atoms with Gasteiger partial charge in [0, 0.05) is 31.6 Å². The van der Waals surface area contributed by atoms with Crippen molar-refractivity contribution in [1.29, 1.82) is 0 Å². The maximum atomic E-state index is 13.1. The molecule has 0 radical (unpaired) electrons. The zero-order valence-electron chi connectivity index (χ0n) is 10.5. The Morgan fingerprint density at radius 3 is 2.84 bits per heavy atom. The molecular weight excluding hydrogens is 315 g/mol. The van der Waals surface area contributed by atoms with Crippen molar-refractivity contribution in [2.24, 2.45) is 0 Å². The van der Waals surface area contributed by atoms with Gasteiger partial charge in [-0.2, -0.15) is 0 Å². The highest BCUT2D eigenvalue weighted by Gasteiger charge is 2.27. The van der Waals surface area contributed by atoms with Crippen LogP contribution in [-0.4, -0.2) is 35.8 Å². The van der Waals surface area contributed by atoms with Gasteiger partial charge in [-0.25, -0.2) is 4.39 Å². The molecule has 1 aromatic rings. The summed E-state index contributed by atoms with van der Waals surface area (Å²) in [5.74, 6) is -0.633. The fourth-order valence-electron chi connectivity index (χ4n) is 2.16. The van der Waals surface area contributed by atoms with E-state index in [2.05, 4.69) is 21.2 Å². The van der Waals surface area contributed by atoms with E-state index in [9.17, 15) is 14.0 Å². The lowest BCUT2D eigenvalue weighted by atomic mass is 10.2. The van der Waals surface area contributed by atoms with Gasteiger partial charge in [0.15, 0.2) is 0 Å². The molecule has 2 amide bonds. The molecule has 1 fully saturated rings. The zero-order valence-corrected chi connectivity index (χ0v) is 12.0. The molecule has 1 unspecified atom stereocenters. The first-order valence-corrected chi connectivity index (χ1v) is 6.78. The van der Waals surface area contributed by atoms with Gasteiger partial charge in [-0.1, -0.05) is 0 Å². The number of rotatable bonds is 2. The van der Waals surface area contributed by atoms with E-state index < -0.39 is 5.82 Å². The van der Waals surface area contributed by atoms with Gasteiger partial charge in [-0.3, -0.25) is 9.59 Å². The molecule has 1 saturated heterocycles. The van der Waals surface area contributed by atoms with Crippen LogP contribution in [0.2, 0.25) is 0 Å². The number of nitrogens with zero attached hydrogens (tertiary/aromatic N) is 1. The Hall–Kier alpha value is -1.43. The number of hydrogen-bond donors (Lipinski definition) is 1. The minimum atomic E-state index is -0.394. The number of benzene rings is 1. The molecule has 102 valence electrons. The molecule has 1 aromatic carbocycles. The number of likely N-dealkylation sites (tertiary alicyclic amines) is 1. The summed E-state index contributed by atoms with van der Waals surface area (Å²) in [6.07, 6.45) is 0.744. The molecule has 1 atom stereocenters. The summed E-state index contributed by atoms with van der Waals surface area (Å²) in [6, 6.07) is 4.21. The first-order valence-electron chi connectivity index (χ1n) is 5.99. The van der Waals surface area contributed by atoms with Crippen molar-refractivity contribution in [3.63, 3.8) is 0 Å². The smallest absolute Gasteiger partial charge is 0.253 e. The fourth-order valence-corrected chi connectivity index (χ4v) is 2.54. The molecule has 0 spiro atoms. The second-order valence-corrected chi connectivity index (χ2v) is 5.42. The second kappa shape index (κ2) is 5.69. The predicted molar refractivity (Wildman–Crippen MR) is 72.2 cm³/mol. The minimum Gasteiger partial charge on any atom is -0.352 e. The minimum absolute atomic E-state index is 0.00494. The lowest BCUT2D eigenvalue weighted by molar-refractivity contribution is -0.119. The third-order valence-electron chi connectivity index (χ3n) is 3.05. The second-order valence-electron chi connectivity index (χ2n) is 4.57. The quantitative estimate of drug-likeness (QED) is 0.901. The number of carbonyl (C=O) groups is 2. The Morgan fingerprint density at radius 2 is 2.21 bits per heavy atom. The van der Waals surface area contributed by atoms with Crippen LogP contribution in [0.4, 0.5) is 4.39 Å². The van der Waals surface area contributed by atoms with E-state index >= 15 is 0 Å². The van der Waals surface area contributed by atoms with Crippen molar-refractivity contribution >= 4 is 27.7 Å². The van der Waals surface area contributed by atoms with Gasteiger partial charge in [-0.15, -0.1) is 0 Å². The molecule has 1 aliphatic rings. The molecule has 1 heterocycles. The Labute approximate surface area is 119 Å². The summed E-state index contributed by atoms with van der Waals surface area (Å²) in [7, 11) is 0. The van der Waals surface area contributed by atoms with Crippen LogP contribution in [0.5, 0.6) is 0 Å². The van der Waals surface area contributed by atoms with Crippen LogP contribution in [0.15, 0.2) is 22.7 Å². The van der Waals surface area contributed by atoms with Crippen LogP contribution in [0.1, 0.15) is 23.7 Å². The summed E-state index contributed by atoms with van der Waals surface area (Å²) in [4.78, 5) is 24.8. The highest BCUT2D eigenvalue weighted by molar-refractivity contribution is 9.10. The zero-order chi connectivity index (χ0) is 14.0. The normalized spacial score (nSPS) is 18.5. The van der Waals surface area contributed by atoms with Gasteiger partial charge in [0.05, 0.1) is 4.47 Å². The topological polar surface area (TPSA) is 49.4 Å². The number of amides is 2. The standard InChI is InChI=1S/C13H14BrFN2O2/c1-8(18)16-10-4-5-17(7-10)13(19)9-2-3-12(15)11(14)6-9/h2-3,6,10H,4-5,7H2,1H3,(H,16,18). The maximum Gasteiger partial charge on any atom is 0.253 e. The van der Waals surface area contributed by atoms with Crippen molar-refractivity contribution in [2.75, 3.05) is 13.1 Å². The van der Waals surface area contributed by atoms with Crippen LogP contribution in [0, 0.1) is 5.82 Å². The Morgan fingerprint density at radius 1 is 1.47 bits per heavy atom. The summed E-state index contributed by atoms with van der Waals surface area (Å²) in [5.41, 5.74) is 0.441. The Balaban J connectivity index is 2.04. The average molecular weight is 329 g/mol. The number of carbonyl (C=O) groups excluding carboxylic acids is 2. The van der Waals surface area contributed by atoms with E-state index in [1.54, 1.807) is 4.90 Å². The van der Waals surface area contributed by atoms with Crippen LogP contribution in [0.3, 0.4) is 0 Å². The predicted octanol–water partition coefficient (Wildman–Crippen LogP) is 1.94. The summed E-state index contributed by atoms with van der Waals surface area (Å²) < 4.78 is 13.4. The van der Waals surface area contributed by atoms with Crippen molar-refractivity contribution in [3.05, 3.63) is 34.1 Å². The molecule has 4 nitrogen and oxygen atoms in total. The molecule has 0 saturated carbocycles. The first-order chi connectivity index (χ1) is 8.97. The maximum absolute atomic E-state index is 13.1. The molecule has 0 bridgehead atoms. The van der Waals surface area contributed by atoms with Gasteiger partial charge in [0.25, 0.3) is 5.91 Å². The van der Waals surface area contributed by atoms with Crippen molar-refractivity contribution in [1.82, 2.24) is 10.2 Å². The average Bonchev–Trinajstić information content (AvgIpc) is 2.79. The highest BCUT2D eigenvalue weighted by atomic mass is 79.9. The van der Waals surface area contributed by atoms with E-state index in [1.807, 2.05) is 0 Å². The summed E-state index contributed by atoms with van der Waals surface area (Å²) in [5, 5.41) is 2.80. The molecular formula is C13H14BrFN2O2. The van der Waals surface area contributed by atoms with Gasteiger partial charge in [0.1, 0.15) is 5.82 Å². The summed E-state index contributed by atoms with van der Waals surface area (Å²) >= 11 is 3.06. The van der Waals surface area contributed by atoms with E-state index in [0.717, 1.165) is 6.42 Å². The van der Waals surface area contributed by atoms with Crippen molar-refractivity contribution in [3.8, 4) is 0 Å².